The molecule has 2 aliphatic heterocycles. The highest BCUT2D eigenvalue weighted by Crippen LogP contribution is 2.23. The first kappa shape index (κ1) is 22.7. The molecule has 0 radical (unpaired) electrons. The van der Waals surface area contributed by atoms with Crippen LogP contribution in [0.4, 0.5) is 0 Å². The van der Waals surface area contributed by atoms with E-state index in [2.05, 4.69) is 22.0 Å². The van der Waals surface area contributed by atoms with Gasteiger partial charge in [0.2, 0.25) is 5.91 Å². The molecule has 2 amide bonds. The summed E-state index contributed by atoms with van der Waals surface area (Å²) in [4.78, 5) is 32.9. The molecule has 0 bridgehead atoms. The third kappa shape index (κ3) is 5.48. The molecule has 0 aliphatic carbocycles. The van der Waals surface area contributed by atoms with E-state index >= 15 is 0 Å². The molecule has 172 valence electrons. The van der Waals surface area contributed by atoms with Crippen molar-refractivity contribution in [3.8, 4) is 0 Å². The number of likely N-dealkylation sites (N-methyl/N-ethyl adjacent to an activating group) is 1. The van der Waals surface area contributed by atoms with Gasteiger partial charge in [0.25, 0.3) is 5.91 Å². The first-order valence-corrected chi connectivity index (χ1v) is 12.1. The first-order chi connectivity index (χ1) is 15.7. The molecule has 2 aromatic rings. The number of fused-ring (bicyclic) bond motifs is 1. The van der Waals surface area contributed by atoms with E-state index < -0.39 is 0 Å². The van der Waals surface area contributed by atoms with Crippen molar-refractivity contribution in [1.82, 2.24) is 20.0 Å². The molecule has 2 aliphatic rings. The maximum absolute atomic E-state index is 13.2. The van der Waals surface area contributed by atoms with Crippen molar-refractivity contribution >= 4 is 22.6 Å². The Labute approximate surface area is 191 Å². The van der Waals surface area contributed by atoms with Crippen LogP contribution in [0, 0.1) is 5.92 Å². The van der Waals surface area contributed by atoms with Gasteiger partial charge in [0.15, 0.2) is 0 Å². The van der Waals surface area contributed by atoms with Gasteiger partial charge in [0.05, 0.1) is 5.92 Å². The van der Waals surface area contributed by atoms with E-state index in [9.17, 15) is 9.59 Å². The molecule has 2 aromatic carbocycles. The van der Waals surface area contributed by atoms with Crippen molar-refractivity contribution in [3.05, 3.63) is 48.0 Å². The van der Waals surface area contributed by atoms with Crippen molar-refractivity contribution < 1.29 is 9.59 Å². The Morgan fingerprint density at radius 1 is 0.969 bits per heavy atom. The number of nitrogens with one attached hydrogen (secondary N) is 1. The first-order valence-electron chi connectivity index (χ1n) is 12.1. The summed E-state index contributed by atoms with van der Waals surface area (Å²) in [6.45, 7) is 10.8. The van der Waals surface area contributed by atoms with Crippen molar-refractivity contribution in [1.29, 1.82) is 0 Å². The number of carbonyl (C=O) groups is 2. The summed E-state index contributed by atoms with van der Waals surface area (Å²) in [5.74, 6) is 0.0116. The number of hydrogen-bond acceptors (Lipinski definition) is 4. The Morgan fingerprint density at radius 2 is 1.72 bits per heavy atom. The zero-order valence-corrected chi connectivity index (χ0v) is 19.3. The smallest absolute Gasteiger partial charge is 0.254 e. The SMILES string of the molecule is CCN1CCN(CCCNC(=O)[C@@H]2CCCN(C(=O)c3cccc4ccccc34)C2)CC1. The molecule has 4 rings (SSSR count). The second-order valence-corrected chi connectivity index (χ2v) is 9.04. The van der Waals surface area contributed by atoms with Gasteiger partial charge in [-0.2, -0.15) is 0 Å². The molecule has 6 nitrogen and oxygen atoms in total. The minimum Gasteiger partial charge on any atom is -0.356 e. The summed E-state index contributed by atoms with van der Waals surface area (Å²) in [6.07, 6.45) is 2.70. The van der Waals surface area contributed by atoms with Gasteiger partial charge in [-0.3, -0.25) is 9.59 Å². The monoisotopic (exact) mass is 436 g/mol. The van der Waals surface area contributed by atoms with Gasteiger partial charge < -0.3 is 20.0 Å². The number of piperazine rings is 1. The Hall–Kier alpha value is -2.44. The second kappa shape index (κ2) is 10.9. The minimum absolute atomic E-state index is 0.0329. The van der Waals surface area contributed by atoms with Crippen LogP contribution < -0.4 is 5.32 Å². The molecule has 1 atom stereocenters. The Bertz CT molecular complexity index is 918. The topological polar surface area (TPSA) is 55.9 Å². The number of hydrogen-bond donors (Lipinski definition) is 1. The van der Waals surface area contributed by atoms with Gasteiger partial charge in [-0.1, -0.05) is 43.3 Å². The zero-order valence-electron chi connectivity index (χ0n) is 19.3. The average molecular weight is 437 g/mol. The van der Waals surface area contributed by atoms with Gasteiger partial charge in [0.1, 0.15) is 0 Å². The van der Waals surface area contributed by atoms with Crippen molar-refractivity contribution in [3.63, 3.8) is 0 Å². The third-order valence-corrected chi connectivity index (χ3v) is 6.96. The normalized spacial score (nSPS) is 20.4. The lowest BCUT2D eigenvalue weighted by Crippen LogP contribution is -2.47. The van der Waals surface area contributed by atoms with Crippen LogP contribution in [0.15, 0.2) is 42.5 Å². The van der Waals surface area contributed by atoms with E-state index in [0.717, 1.165) is 81.4 Å². The van der Waals surface area contributed by atoms with Crippen molar-refractivity contribution in [2.45, 2.75) is 26.2 Å². The molecular weight excluding hydrogens is 400 g/mol. The number of likely N-dealkylation sites (tertiary alicyclic amines) is 1. The molecule has 2 heterocycles. The Balaban J connectivity index is 1.25. The molecule has 6 heteroatoms. The van der Waals surface area contributed by atoms with Crippen LogP contribution in [-0.4, -0.2) is 85.4 Å². The van der Waals surface area contributed by atoms with E-state index in [0.29, 0.717) is 13.1 Å². The zero-order chi connectivity index (χ0) is 22.3. The fraction of sp³-hybridized carbons (Fsp3) is 0.538. The Morgan fingerprint density at radius 3 is 2.53 bits per heavy atom. The number of rotatable bonds is 7. The van der Waals surface area contributed by atoms with E-state index in [1.807, 2.05) is 47.4 Å². The molecule has 1 N–H and O–H groups in total. The maximum atomic E-state index is 13.2. The standard InChI is InChI=1S/C26H36N4O2/c1-2-28-16-18-29(19-17-28)14-7-13-27-25(31)22-10-6-15-30(20-22)26(32)24-12-5-9-21-8-3-4-11-23(21)24/h3-5,8-9,11-12,22H,2,6-7,10,13-20H2,1H3,(H,27,31)/t22-/m1/s1. The Kier molecular flexibility index (Phi) is 7.76. The summed E-state index contributed by atoms with van der Waals surface area (Å²) in [5, 5.41) is 5.18. The summed E-state index contributed by atoms with van der Waals surface area (Å²) in [7, 11) is 0. The fourth-order valence-corrected chi connectivity index (χ4v) is 4.95. The number of carbonyl (C=O) groups excluding carboxylic acids is 2. The molecule has 32 heavy (non-hydrogen) atoms. The molecule has 2 fully saturated rings. The molecule has 2 saturated heterocycles. The lowest BCUT2D eigenvalue weighted by Gasteiger charge is -2.34. The summed E-state index contributed by atoms with van der Waals surface area (Å²) < 4.78 is 0. The number of amides is 2. The van der Waals surface area contributed by atoms with Crippen molar-refractivity contribution in [2.75, 3.05) is 58.9 Å². The highest BCUT2D eigenvalue weighted by atomic mass is 16.2. The van der Waals surface area contributed by atoms with Crippen LogP contribution in [0.3, 0.4) is 0 Å². The summed E-state index contributed by atoms with van der Waals surface area (Å²) in [6, 6.07) is 13.8. The van der Waals surface area contributed by atoms with Gasteiger partial charge in [0, 0.05) is 51.4 Å². The molecular formula is C26H36N4O2. The largest absolute Gasteiger partial charge is 0.356 e. The molecule has 0 spiro atoms. The van der Waals surface area contributed by atoms with Crippen LogP contribution in [0.5, 0.6) is 0 Å². The molecule has 0 aromatic heterocycles. The lowest BCUT2D eigenvalue weighted by atomic mass is 9.95. The predicted molar refractivity (Wildman–Crippen MR) is 129 cm³/mol. The van der Waals surface area contributed by atoms with Crippen LogP contribution in [-0.2, 0) is 4.79 Å². The maximum Gasteiger partial charge on any atom is 0.254 e. The second-order valence-electron chi connectivity index (χ2n) is 9.04. The highest BCUT2D eigenvalue weighted by Gasteiger charge is 2.29. The summed E-state index contributed by atoms with van der Waals surface area (Å²) in [5.41, 5.74) is 0.729. The van der Waals surface area contributed by atoms with E-state index in [1.54, 1.807) is 0 Å². The minimum atomic E-state index is -0.115. The van der Waals surface area contributed by atoms with Crippen molar-refractivity contribution in [2.24, 2.45) is 5.92 Å². The quantitative estimate of drug-likeness (QED) is 0.678. The number of nitrogens with zero attached hydrogens (tertiary/aromatic N) is 3. The highest BCUT2D eigenvalue weighted by molar-refractivity contribution is 6.07. The fourth-order valence-electron chi connectivity index (χ4n) is 4.95. The van der Waals surface area contributed by atoms with E-state index in [-0.39, 0.29) is 17.7 Å². The third-order valence-electron chi connectivity index (χ3n) is 6.96. The summed E-state index contributed by atoms with van der Waals surface area (Å²) >= 11 is 0. The average Bonchev–Trinajstić information content (AvgIpc) is 2.86. The van der Waals surface area contributed by atoms with Gasteiger partial charge in [-0.15, -0.1) is 0 Å². The number of benzene rings is 2. The van der Waals surface area contributed by atoms with Crippen LogP contribution in [0.1, 0.15) is 36.5 Å². The van der Waals surface area contributed by atoms with Gasteiger partial charge >= 0.3 is 0 Å². The van der Waals surface area contributed by atoms with Gasteiger partial charge in [-0.05, 0) is 49.2 Å². The van der Waals surface area contributed by atoms with E-state index in [4.69, 9.17) is 0 Å². The predicted octanol–water partition coefficient (Wildman–Crippen LogP) is 2.84. The van der Waals surface area contributed by atoms with Crippen LogP contribution >= 0.6 is 0 Å². The van der Waals surface area contributed by atoms with Crippen LogP contribution in [0.2, 0.25) is 0 Å². The van der Waals surface area contributed by atoms with Crippen LogP contribution in [0.25, 0.3) is 10.8 Å². The van der Waals surface area contributed by atoms with E-state index in [1.165, 1.54) is 0 Å². The molecule has 0 saturated carbocycles. The number of piperidine rings is 1. The van der Waals surface area contributed by atoms with Gasteiger partial charge in [-0.25, -0.2) is 0 Å². The lowest BCUT2D eigenvalue weighted by molar-refractivity contribution is -0.126. The molecule has 0 unspecified atom stereocenters.